The number of carbonyl (C=O) groups excluding carboxylic acids is 1. The van der Waals surface area contributed by atoms with Crippen molar-refractivity contribution in [3.8, 4) is 0 Å². The standard InChI is InChI=1S/C24H28N2O2/c1-2-18-9-10-22-21(17-28-23(22)13-18)14-24(27)25-15-19-5-7-20(8-6-19)16-26-11-3-4-12-26/h5-10,13,17H,2-4,11-12,14-16H2,1H3,(H,25,27)/p+1. The topological polar surface area (TPSA) is 46.7 Å². The molecular weight excluding hydrogens is 348 g/mol. The molecule has 2 N–H and O–H groups in total. The van der Waals surface area contributed by atoms with Crippen molar-refractivity contribution in [1.82, 2.24) is 5.32 Å². The van der Waals surface area contributed by atoms with Gasteiger partial charge in [0.2, 0.25) is 5.91 Å². The lowest BCUT2D eigenvalue weighted by Gasteiger charge is -2.12. The fourth-order valence-corrected chi connectivity index (χ4v) is 4.04. The molecule has 0 spiro atoms. The number of hydrogen-bond acceptors (Lipinski definition) is 2. The summed E-state index contributed by atoms with van der Waals surface area (Å²) in [5, 5.41) is 4.06. The second-order valence-electron chi connectivity index (χ2n) is 7.85. The number of likely N-dealkylation sites (tertiary alicyclic amines) is 1. The quantitative estimate of drug-likeness (QED) is 0.665. The molecule has 1 amide bonds. The Morgan fingerprint density at radius 1 is 1.04 bits per heavy atom. The van der Waals surface area contributed by atoms with Gasteiger partial charge in [0.15, 0.2) is 0 Å². The Morgan fingerprint density at radius 2 is 1.75 bits per heavy atom. The Hall–Kier alpha value is -2.59. The fourth-order valence-electron chi connectivity index (χ4n) is 4.04. The molecule has 28 heavy (non-hydrogen) atoms. The van der Waals surface area contributed by atoms with Crippen molar-refractivity contribution in [3.05, 3.63) is 71.0 Å². The monoisotopic (exact) mass is 377 g/mol. The van der Waals surface area contributed by atoms with Gasteiger partial charge in [-0.25, -0.2) is 0 Å². The Bertz CT molecular complexity index is 937. The van der Waals surface area contributed by atoms with Gasteiger partial charge in [0, 0.05) is 35.9 Å². The van der Waals surface area contributed by atoms with Crippen molar-refractivity contribution in [1.29, 1.82) is 0 Å². The maximum absolute atomic E-state index is 12.4. The predicted molar refractivity (Wildman–Crippen MR) is 111 cm³/mol. The highest BCUT2D eigenvalue weighted by Gasteiger charge is 2.15. The molecule has 0 saturated carbocycles. The van der Waals surface area contributed by atoms with Gasteiger partial charge >= 0.3 is 0 Å². The molecule has 146 valence electrons. The first-order valence-electron chi connectivity index (χ1n) is 10.4. The zero-order valence-electron chi connectivity index (χ0n) is 16.6. The number of furan rings is 1. The first kappa shape index (κ1) is 18.8. The number of hydrogen-bond donors (Lipinski definition) is 2. The van der Waals surface area contributed by atoms with E-state index in [0.29, 0.717) is 13.0 Å². The molecule has 4 rings (SSSR count). The summed E-state index contributed by atoms with van der Waals surface area (Å²) in [4.78, 5) is 14.1. The molecule has 2 heterocycles. The lowest BCUT2D eigenvalue weighted by Crippen LogP contribution is -3.08. The van der Waals surface area contributed by atoms with Crippen LogP contribution in [-0.4, -0.2) is 19.0 Å². The van der Waals surface area contributed by atoms with Gasteiger partial charge in [-0.1, -0.05) is 43.3 Å². The van der Waals surface area contributed by atoms with Crippen LogP contribution in [0.5, 0.6) is 0 Å². The van der Waals surface area contributed by atoms with E-state index in [1.54, 1.807) is 11.2 Å². The summed E-state index contributed by atoms with van der Waals surface area (Å²) in [6.45, 7) is 6.38. The van der Waals surface area contributed by atoms with Gasteiger partial charge in [-0.05, 0) is 23.6 Å². The molecule has 1 saturated heterocycles. The highest BCUT2D eigenvalue weighted by Crippen LogP contribution is 2.23. The Balaban J connectivity index is 1.30. The average molecular weight is 378 g/mol. The number of carbonyl (C=O) groups is 1. The van der Waals surface area contributed by atoms with E-state index in [9.17, 15) is 4.79 Å². The minimum atomic E-state index is 0.0212. The number of nitrogens with one attached hydrogen (secondary N) is 2. The van der Waals surface area contributed by atoms with Crippen molar-refractivity contribution >= 4 is 16.9 Å². The zero-order valence-corrected chi connectivity index (χ0v) is 16.6. The minimum Gasteiger partial charge on any atom is -0.464 e. The molecule has 3 aromatic rings. The Kier molecular flexibility index (Phi) is 5.77. The summed E-state index contributed by atoms with van der Waals surface area (Å²) in [6.07, 6.45) is 5.73. The van der Waals surface area contributed by atoms with E-state index in [0.717, 1.165) is 35.1 Å². The molecule has 1 aromatic heterocycles. The van der Waals surface area contributed by atoms with Gasteiger partial charge in [-0.3, -0.25) is 4.79 Å². The summed E-state index contributed by atoms with van der Waals surface area (Å²) >= 11 is 0. The molecule has 1 aliphatic rings. The van der Waals surface area contributed by atoms with Crippen molar-refractivity contribution in [2.75, 3.05) is 13.1 Å². The normalized spacial score (nSPS) is 14.6. The van der Waals surface area contributed by atoms with Crippen LogP contribution in [0.4, 0.5) is 0 Å². The summed E-state index contributed by atoms with van der Waals surface area (Å²) in [5.41, 5.74) is 5.56. The Labute approximate surface area is 166 Å². The molecular formula is C24H29N2O2+. The van der Waals surface area contributed by atoms with E-state index in [2.05, 4.69) is 54.7 Å². The van der Waals surface area contributed by atoms with Crippen molar-refractivity contribution in [2.45, 2.75) is 45.7 Å². The highest BCUT2D eigenvalue weighted by atomic mass is 16.3. The number of rotatable bonds is 7. The average Bonchev–Trinajstić information content (AvgIpc) is 3.37. The number of quaternary nitrogens is 1. The predicted octanol–water partition coefficient (Wildman–Crippen LogP) is 3.03. The van der Waals surface area contributed by atoms with Crippen LogP contribution >= 0.6 is 0 Å². The third-order valence-corrected chi connectivity index (χ3v) is 5.76. The lowest BCUT2D eigenvalue weighted by atomic mass is 10.1. The van der Waals surface area contributed by atoms with Gasteiger partial charge in [-0.15, -0.1) is 0 Å². The van der Waals surface area contributed by atoms with E-state index in [1.165, 1.54) is 37.1 Å². The van der Waals surface area contributed by atoms with Crippen LogP contribution in [0.25, 0.3) is 11.0 Å². The first-order chi connectivity index (χ1) is 13.7. The molecule has 2 aromatic carbocycles. The molecule has 0 aliphatic carbocycles. The minimum absolute atomic E-state index is 0.0212. The van der Waals surface area contributed by atoms with E-state index in [1.807, 2.05) is 0 Å². The third-order valence-electron chi connectivity index (χ3n) is 5.76. The van der Waals surface area contributed by atoms with Crippen LogP contribution < -0.4 is 10.2 Å². The fraction of sp³-hybridized carbons (Fsp3) is 0.375. The van der Waals surface area contributed by atoms with E-state index in [-0.39, 0.29) is 5.91 Å². The third kappa shape index (κ3) is 4.45. The molecule has 4 nitrogen and oxygen atoms in total. The number of amides is 1. The van der Waals surface area contributed by atoms with Crippen LogP contribution in [0.15, 0.2) is 53.1 Å². The molecule has 0 radical (unpaired) electrons. The van der Waals surface area contributed by atoms with Crippen molar-refractivity contribution < 1.29 is 14.1 Å². The van der Waals surface area contributed by atoms with Gasteiger partial charge in [0.05, 0.1) is 25.8 Å². The number of benzene rings is 2. The van der Waals surface area contributed by atoms with Crippen molar-refractivity contribution in [3.63, 3.8) is 0 Å². The van der Waals surface area contributed by atoms with Gasteiger partial charge < -0.3 is 14.6 Å². The van der Waals surface area contributed by atoms with Gasteiger partial charge in [0.1, 0.15) is 12.1 Å². The van der Waals surface area contributed by atoms with E-state index in [4.69, 9.17) is 4.42 Å². The number of aryl methyl sites for hydroxylation is 1. The Morgan fingerprint density at radius 3 is 2.50 bits per heavy atom. The molecule has 0 atom stereocenters. The summed E-state index contributed by atoms with van der Waals surface area (Å²) in [6, 6.07) is 14.9. The van der Waals surface area contributed by atoms with Crippen molar-refractivity contribution in [2.24, 2.45) is 0 Å². The first-order valence-corrected chi connectivity index (χ1v) is 10.4. The van der Waals surface area contributed by atoms with E-state index < -0.39 is 0 Å². The number of fused-ring (bicyclic) bond motifs is 1. The summed E-state index contributed by atoms with van der Waals surface area (Å²) in [7, 11) is 0. The summed E-state index contributed by atoms with van der Waals surface area (Å²) < 4.78 is 5.64. The molecule has 1 fully saturated rings. The maximum Gasteiger partial charge on any atom is 0.224 e. The van der Waals surface area contributed by atoms with Gasteiger partial charge in [0.25, 0.3) is 0 Å². The lowest BCUT2D eigenvalue weighted by molar-refractivity contribution is -0.901. The van der Waals surface area contributed by atoms with Crippen LogP contribution in [-0.2, 0) is 30.7 Å². The second kappa shape index (κ2) is 8.61. The second-order valence-corrected chi connectivity index (χ2v) is 7.85. The van der Waals surface area contributed by atoms with E-state index >= 15 is 0 Å². The molecule has 0 unspecified atom stereocenters. The van der Waals surface area contributed by atoms with Crippen LogP contribution in [0.3, 0.4) is 0 Å². The SMILES string of the molecule is CCc1ccc2c(CC(=O)NCc3ccc(C[NH+]4CCCC4)cc3)coc2c1. The highest BCUT2D eigenvalue weighted by molar-refractivity contribution is 5.87. The molecule has 4 heteroatoms. The van der Waals surface area contributed by atoms with Gasteiger partial charge in [-0.2, -0.15) is 0 Å². The maximum atomic E-state index is 12.4. The molecule has 0 bridgehead atoms. The summed E-state index contributed by atoms with van der Waals surface area (Å²) in [5.74, 6) is 0.0212. The smallest absolute Gasteiger partial charge is 0.224 e. The molecule has 1 aliphatic heterocycles. The van der Waals surface area contributed by atoms with Crippen LogP contribution in [0.1, 0.15) is 42.0 Å². The zero-order chi connectivity index (χ0) is 19.3. The van der Waals surface area contributed by atoms with Crippen LogP contribution in [0.2, 0.25) is 0 Å². The largest absolute Gasteiger partial charge is 0.464 e. The van der Waals surface area contributed by atoms with Crippen LogP contribution in [0, 0.1) is 0 Å².